The number of benzene rings is 1. The van der Waals surface area contributed by atoms with Crippen molar-refractivity contribution in [2.75, 3.05) is 0 Å². The summed E-state index contributed by atoms with van der Waals surface area (Å²) in [6.07, 6.45) is 0. The maximum Gasteiger partial charge on any atom is 0.335 e. The van der Waals surface area contributed by atoms with Gasteiger partial charge in [0.2, 0.25) is 0 Å². The lowest BCUT2D eigenvalue weighted by Crippen LogP contribution is -2.07. The predicted molar refractivity (Wildman–Crippen MR) is 64.9 cm³/mol. The molecule has 0 aliphatic carbocycles. The standard InChI is InChI=1S/C8H6O7S.C3H4/c9-7(10)4-1-5(8(11)12)3-6(2-4)16(13,14)15;1-3-2/h1-3H,(H,9,10)(H,11,12)(H,13,14,15);1-2H2. The number of carbonyl (C=O) groups is 2. The number of rotatable bonds is 3. The smallest absolute Gasteiger partial charge is 0.335 e. The third-order valence-corrected chi connectivity index (χ3v) is 2.53. The van der Waals surface area contributed by atoms with Crippen LogP contribution in [0.5, 0.6) is 0 Å². The molecule has 0 radical (unpaired) electrons. The van der Waals surface area contributed by atoms with E-state index in [0.717, 1.165) is 6.07 Å². The monoisotopic (exact) mass is 286 g/mol. The fourth-order valence-electron chi connectivity index (χ4n) is 0.995. The lowest BCUT2D eigenvalue weighted by Gasteiger charge is -2.02. The molecule has 0 saturated heterocycles. The molecule has 1 aromatic rings. The van der Waals surface area contributed by atoms with E-state index in [0.29, 0.717) is 12.1 Å². The number of hydrogen-bond donors (Lipinski definition) is 3. The van der Waals surface area contributed by atoms with E-state index >= 15 is 0 Å². The molecule has 0 fully saturated rings. The summed E-state index contributed by atoms with van der Waals surface area (Å²) < 4.78 is 30.2. The van der Waals surface area contributed by atoms with Crippen molar-refractivity contribution < 1.29 is 32.8 Å². The van der Waals surface area contributed by atoms with Gasteiger partial charge in [-0.05, 0) is 18.2 Å². The van der Waals surface area contributed by atoms with Crippen molar-refractivity contribution in [2.45, 2.75) is 4.90 Å². The minimum absolute atomic E-state index is 0.535. The molecule has 1 aromatic carbocycles. The van der Waals surface area contributed by atoms with Crippen LogP contribution in [0, 0.1) is 0 Å². The van der Waals surface area contributed by atoms with Gasteiger partial charge in [-0.1, -0.05) is 13.2 Å². The Morgan fingerprint density at radius 2 is 1.32 bits per heavy atom. The van der Waals surface area contributed by atoms with Crippen LogP contribution in [0.3, 0.4) is 0 Å². The van der Waals surface area contributed by atoms with Gasteiger partial charge in [0.1, 0.15) is 0 Å². The predicted octanol–water partition coefficient (Wildman–Crippen LogP) is 1.29. The molecule has 0 aromatic heterocycles. The lowest BCUT2D eigenvalue weighted by molar-refractivity contribution is 0.0696. The number of carboxylic acids is 2. The summed E-state index contributed by atoms with van der Waals surface area (Å²) in [6.45, 7) is 6.25. The molecular formula is C11H10O7S. The molecule has 3 N–H and O–H groups in total. The second-order valence-electron chi connectivity index (χ2n) is 3.08. The highest BCUT2D eigenvalue weighted by Crippen LogP contribution is 2.15. The zero-order valence-corrected chi connectivity index (χ0v) is 10.3. The van der Waals surface area contributed by atoms with Crippen molar-refractivity contribution in [3.63, 3.8) is 0 Å². The molecule has 19 heavy (non-hydrogen) atoms. The Morgan fingerprint density at radius 1 is 1.00 bits per heavy atom. The minimum Gasteiger partial charge on any atom is -0.478 e. The molecule has 0 spiro atoms. The van der Waals surface area contributed by atoms with Gasteiger partial charge in [0.25, 0.3) is 10.1 Å². The first kappa shape index (κ1) is 16.6. The van der Waals surface area contributed by atoms with Crippen molar-refractivity contribution >= 4 is 22.1 Å². The SMILES string of the molecule is C=C=C.O=C(O)c1cc(C(=O)O)cc(S(=O)(=O)O)c1. The van der Waals surface area contributed by atoms with Gasteiger partial charge in [0, 0.05) is 0 Å². The summed E-state index contributed by atoms with van der Waals surface area (Å²) in [5, 5.41) is 17.2. The number of aromatic carboxylic acids is 2. The summed E-state index contributed by atoms with van der Waals surface area (Å²) >= 11 is 0. The Balaban J connectivity index is 0.000000982. The first-order chi connectivity index (χ1) is 8.63. The summed E-state index contributed by atoms with van der Waals surface area (Å²) in [5.74, 6) is -2.99. The molecular weight excluding hydrogens is 276 g/mol. The first-order valence-corrected chi connectivity index (χ1v) is 5.95. The highest BCUT2D eigenvalue weighted by atomic mass is 32.2. The van der Waals surface area contributed by atoms with E-state index in [4.69, 9.17) is 14.8 Å². The topological polar surface area (TPSA) is 129 Å². The van der Waals surface area contributed by atoms with Gasteiger partial charge >= 0.3 is 11.9 Å². The summed E-state index contributed by atoms with van der Waals surface area (Å²) in [6, 6.07) is 2.13. The van der Waals surface area contributed by atoms with Crippen molar-refractivity contribution in [1.82, 2.24) is 0 Å². The van der Waals surface area contributed by atoms with E-state index in [1.54, 1.807) is 0 Å². The highest BCUT2D eigenvalue weighted by molar-refractivity contribution is 7.85. The highest BCUT2D eigenvalue weighted by Gasteiger charge is 2.17. The first-order valence-electron chi connectivity index (χ1n) is 4.51. The van der Waals surface area contributed by atoms with E-state index < -0.39 is 38.1 Å². The third-order valence-electron chi connectivity index (χ3n) is 1.70. The average molecular weight is 286 g/mol. The molecule has 0 atom stereocenters. The summed E-state index contributed by atoms with van der Waals surface area (Å²) in [5.41, 5.74) is 1.18. The second kappa shape index (κ2) is 6.50. The van der Waals surface area contributed by atoms with Gasteiger partial charge < -0.3 is 10.2 Å². The maximum absolute atomic E-state index is 10.8. The Labute approximate surface area is 108 Å². The normalized spacial score (nSPS) is 9.74. The largest absolute Gasteiger partial charge is 0.478 e. The van der Waals surface area contributed by atoms with Crippen LogP contribution in [-0.4, -0.2) is 35.1 Å². The van der Waals surface area contributed by atoms with Crippen LogP contribution >= 0.6 is 0 Å². The van der Waals surface area contributed by atoms with Crippen LogP contribution in [0.15, 0.2) is 42.0 Å². The second-order valence-corrected chi connectivity index (χ2v) is 4.50. The van der Waals surface area contributed by atoms with Gasteiger partial charge in [0.15, 0.2) is 0 Å². The van der Waals surface area contributed by atoms with Gasteiger partial charge in [-0.3, -0.25) is 4.55 Å². The van der Waals surface area contributed by atoms with Gasteiger partial charge in [-0.25, -0.2) is 9.59 Å². The fourth-order valence-corrected chi connectivity index (χ4v) is 1.55. The average Bonchev–Trinajstić information content (AvgIpc) is 2.28. The number of carboxylic acid groups (broad SMARTS) is 2. The molecule has 102 valence electrons. The van der Waals surface area contributed by atoms with Crippen LogP contribution in [0.2, 0.25) is 0 Å². The fraction of sp³-hybridized carbons (Fsp3) is 0. The van der Waals surface area contributed by atoms with Crippen LogP contribution in [0.4, 0.5) is 0 Å². The molecule has 8 heteroatoms. The molecule has 0 saturated carbocycles. The van der Waals surface area contributed by atoms with E-state index in [1.165, 1.54) is 0 Å². The Morgan fingerprint density at radius 3 is 1.53 bits per heavy atom. The van der Waals surface area contributed by atoms with Gasteiger partial charge in [0.05, 0.1) is 16.0 Å². The Bertz CT molecular complexity index is 605. The van der Waals surface area contributed by atoms with Gasteiger partial charge in [-0.2, -0.15) is 8.42 Å². The number of hydrogen-bond acceptors (Lipinski definition) is 4. The molecule has 0 heterocycles. The Kier molecular flexibility index (Phi) is 5.68. The van der Waals surface area contributed by atoms with Crippen molar-refractivity contribution in [2.24, 2.45) is 0 Å². The van der Waals surface area contributed by atoms with Crippen molar-refractivity contribution in [3.05, 3.63) is 48.2 Å². The summed E-state index contributed by atoms with van der Waals surface area (Å²) in [4.78, 5) is 20.4. The van der Waals surface area contributed by atoms with E-state index in [9.17, 15) is 18.0 Å². The quantitative estimate of drug-likeness (QED) is 0.563. The van der Waals surface area contributed by atoms with Crippen LogP contribution in [-0.2, 0) is 10.1 Å². The lowest BCUT2D eigenvalue weighted by atomic mass is 10.1. The molecule has 0 aliphatic heterocycles. The summed E-state index contributed by atoms with van der Waals surface area (Å²) in [7, 11) is -4.64. The van der Waals surface area contributed by atoms with E-state index in [2.05, 4.69) is 18.9 Å². The third kappa shape index (κ3) is 5.17. The molecule has 0 amide bonds. The molecule has 0 aliphatic rings. The zero-order chi connectivity index (χ0) is 15.2. The van der Waals surface area contributed by atoms with Crippen LogP contribution < -0.4 is 0 Å². The molecule has 1 rings (SSSR count). The minimum atomic E-state index is -4.64. The Hall–Kier alpha value is -2.41. The van der Waals surface area contributed by atoms with Gasteiger partial charge in [-0.15, -0.1) is 5.73 Å². The zero-order valence-electron chi connectivity index (χ0n) is 9.53. The molecule has 7 nitrogen and oxygen atoms in total. The molecule has 0 unspecified atom stereocenters. The van der Waals surface area contributed by atoms with Crippen molar-refractivity contribution in [3.8, 4) is 0 Å². The van der Waals surface area contributed by atoms with E-state index in [-0.39, 0.29) is 0 Å². The molecule has 0 bridgehead atoms. The van der Waals surface area contributed by atoms with E-state index in [1.807, 2.05) is 0 Å². The van der Waals surface area contributed by atoms with Crippen molar-refractivity contribution in [1.29, 1.82) is 0 Å². The van der Waals surface area contributed by atoms with Crippen LogP contribution in [0.25, 0.3) is 0 Å². The maximum atomic E-state index is 10.8. The van der Waals surface area contributed by atoms with Crippen LogP contribution in [0.1, 0.15) is 20.7 Å².